The Bertz CT molecular complexity index is 643. The number of likely N-dealkylation sites (N-methyl/N-ethyl adjacent to an activating group) is 1. The van der Waals surface area contributed by atoms with Crippen LogP contribution in [-0.4, -0.2) is 55.9 Å². The summed E-state index contributed by atoms with van der Waals surface area (Å²) in [6.45, 7) is 2.76. The molecule has 0 aliphatic carbocycles. The smallest absolute Gasteiger partial charge is 0.258 e. The maximum atomic E-state index is 5.41. The summed E-state index contributed by atoms with van der Waals surface area (Å²) >= 11 is 0. The SMILES string of the molecule is COc1ccc(-c2nc(C3CNCCN3C)no2)cc1OC. The van der Waals surface area contributed by atoms with Crippen LogP contribution in [0.3, 0.4) is 0 Å². The summed E-state index contributed by atoms with van der Waals surface area (Å²) < 4.78 is 16.0. The van der Waals surface area contributed by atoms with Gasteiger partial charge in [-0.1, -0.05) is 5.16 Å². The van der Waals surface area contributed by atoms with Crippen molar-refractivity contribution < 1.29 is 14.0 Å². The molecular formula is C15H20N4O3. The van der Waals surface area contributed by atoms with Gasteiger partial charge < -0.3 is 19.3 Å². The maximum absolute atomic E-state index is 5.41. The predicted molar refractivity (Wildman–Crippen MR) is 81.1 cm³/mol. The standard InChI is InChI=1S/C15H20N4O3/c1-19-7-6-16-9-11(19)14-17-15(22-18-14)10-4-5-12(20-2)13(8-10)21-3/h4-5,8,11,16H,6-7,9H2,1-3H3. The van der Waals surface area contributed by atoms with Gasteiger partial charge in [-0.15, -0.1) is 0 Å². The number of hydrogen-bond acceptors (Lipinski definition) is 7. The van der Waals surface area contributed by atoms with Gasteiger partial charge in [0.2, 0.25) is 0 Å². The number of methoxy groups -OCH3 is 2. The Morgan fingerprint density at radius 1 is 1.27 bits per heavy atom. The molecule has 22 heavy (non-hydrogen) atoms. The zero-order valence-corrected chi connectivity index (χ0v) is 13.0. The van der Waals surface area contributed by atoms with E-state index in [1.165, 1.54) is 0 Å². The molecule has 0 radical (unpaired) electrons. The van der Waals surface area contributed by atoms with E-state index in [0.29, 0.717) is 23.2 Å². The lowest BCUT2D eigenvalue weighted by molar-refractivity contribution is 0.190. The van der Waals surface area contributed by atoms with Crippen LogP contribution in [0.25, 0.3) is 11.5 Å². The van der Waals surface area contributed by atoms with Crippen LogP contribution in [-0.2, 0) is 0 Å². The van der Waals surface area contributed by atoms with Crippen LogP contribution in [0.15, 0.2) is 22.7 Å². The highest BCUT2D eigenvalue weighted by Gasteiger charge is 2.25. The van der Waals surface area contributed by atoms with E-state index < -0.39 is 0 Å². The van der Waals surface area contributed by atoms with Crippen molar-refractivity contribution in [1.82, 2.24) is 20.4 Å². The molecule has 2 aromatic rings. The van der Waals surface area contributed by atoms with Crippen LogP contribution in [0, 0.1) is 0 Å². The molecule has 1 aromatic heterocycles. The van der Waals surface area contributed by atoms with Gasteiger partial charge in [-0.2, -0.15) is 4.98 Å². The van der Waals surface area contributed by atoms with Crippen LogP contribution in [0.4, 0.5) is 0 Å². The molecule has 1 saturated heterocycles. The molecule has 1 N–H and O–H groups in total. The molecule has 1 unspecified atom stereocenters. The normalized spacial score (nSPS) is 19.1. The highest BCUT2D eigenvalue weighted by molar-refractivity contribution is 5.59. The summed E-state index contributed by atoms with van der Waals surface area (Å²) in [4.78, 5) is 6.75. The van der Waals surface area contributed by atoms with Crippen LogP contribution in [0.1, 0.15) is 11.9 Å². The molecule has 0 amide bonds. The van der Waals surface area contributed by atoms with Gasteiger partial charge in [-0.05, 0) is 25.2 Å². The summed E-state index contributed by atoms with van der Waals surface area (Å²) in [6.07, 6.45) is 0. The van der Waals surface area contributed by atoms with Crippen molar-refractivity contribution in [2.45, 2.75) is 6.04 Å². The van der Waals surface area contributed by atoms with Crippen LogP contribution >= 0.6 is 0 Å². The van der Waals surface area contributed by atoms with E-state index in [0.717, 1.165) is 25.2 Å². The van der Waals surface area contributed by atoms with E-state index in [1.54, 1.807) is 14.2 Å². The maximum Gasteiger partial charge on any atom is 0.258 e. The van der Waals surface area contributed by atoms with Crippen molar-refractivity contribution in [3.8, 4) is 23.0 Å². The fourth-order valence-corrected chi connectivity index (χ4v) is 2.55. The van der Waals surface area contributed by atoms with Crippen molar-refractivity contribution in [3.05, 3.63) is 24.0 Å². The number of aromatic nitrogens is 2. The number of hydrogen-bond donors (Lipinski definition) is 1. The summed E-state index contributed by atoms with van der Waals surface area (Å²) in [5.74, 6) is 2.48. The molecule has 3 rings (SSSR count). The Balaban J connectivity index is 1.87. The van der Waals surface area contributed by atoms with Crippen molar-refractivity contribution in [1.29, 1.82) is 0 Å². The Kier molecular flexibility index (Phi) is 4.26. The highest BCUT2D eigenvalue weighted by Crippen LogP contribution is 2.32. The molecule has 0 spiro atoms. The summed E-state index contributed by atoms with van der Waals surface area (Å²) in [5, 5.41) is 7.47. The first-order chi connectivity index (χ1) is 10.7. The highest BCUT2D eigenvalue weighted by atomic mass is 16.5. The van der Waals surface area contributed by atoms with Gasteiger partial charge in [-0.25, -0.2) is 0 Å². The van der Waals surface area contributed by atoms with Crippen molar-refractivity contribution in [2.75, 3.05) is 40.9 Å². The topological polar surface area (TPSA) is 72.7 Å². The van der Waals surface area contributed by atoms with Crippen molar-refractivity contribution in [2.24, 2.45) is 0 Å². The van der Waals surface area contributed by atoms with E-state index in [9.17, 15) is 0 Å². The van der Waals surface area contributed by atoms with E-state index in [4.69, 9.17) is 14.0 Å². The second-order valence-electron chi connectivity index (χ2n) is 5.23. The third kappa shape index (κ3) is 2.77. The minimum Gasteiger partial charge on any atom is -0.493 e. The first-order valence-electron chi connectivity index (χ1n) is 7.20. The number of nitrogens with zero attached hydrogens (tertiary/aromatic N) is 3. The lowest BCUT2D eigenvalue weighted by Gasteiger charge is -2.30. The fourth-order valence-electron chi connectivity index (χ4n) is 2.55. The van der Waals surface area contributed by atoms with Gasteiger partial charge in [0.15, 0.2) is 17.3 Å². The second-order valence-corrected chi connectivity index (χ2v) is 5.23. The minimum absolute atomic E-state index is 0.131. The van der Waals surface area contributed by atoms with Crippen molar-refractivity contribution >= 4 is 0 Å². The molecule has 0 saturated carbocycles. The zero-order chi connectivity index (χ0) is 15.5. The Morgan fingerprint density at radius 3 is 2.82 bits per heavy atom. The van der Waals surface area contributed by atoms with Crippen molar-refractivity contribution in [3.63, 3.8) is 0 Å². The minimum atomic E-state index is 0.131. The molecule has 118 valence electrons. The van der Waals surface area contributed by atoms with E-state index in [1.807, 2.05) is 18.2 Å². The quantitative estimate of drug-likeness (QED) is 0.913. The molecule has 7 heteroatoms. The lowest BCUT2D eigenvalue weighted by atomic mass is 10.2. The number of benzene rings is 1. The molecule has 1 aliphatic rings. The average Bonchev–Trinajstić information content (AvgIpc) is 3.04. The Hall–Kier alpha value is -2.12. The fraction of sp³-hybridized carbons (Fsp3) is 0.467. The summed E-state index contributed by atoms with van der Waals surface area (Å²) in [6, 6.07) is 5.67. The molecule has 2 heterocycles. The van der Waals surface area contributed by atoms with E-state index in [2.05, 4.69) is 27.4 Å². The monoisotopic (exact) mass is 304 g/mol. The van der Waals surface area contributed by atoms with Gasteiger partial charge >= 0.3 is 0 Å². The van der Waals surface area contributed by atoms with E-state index in [-0.39, 0.29) is 6.04 Å². The van der Waals surface area contributed by atoms with Gasteiger partial charge in [0.05, 0.1) is 20.3 Å². The Labute approximate surface area is 129 Å². The largest absolute Gasteiger partial charge is 0.493 e. The van der Waals surface area contributed by atoms with Gasteiger partial charge in [-0.3, -0.25) is 4.90 Å². The van der Waals surface area contributed by atoms with Crippen LogP contribution in [0.2, 0.25) is 0 Å². The Morgan fingerprint density at radius 2 is 2.09 bits per heavy atom. The first-order valence-corrected chi connectivity index (χ1v) is 7.20. The molecular weight excluding hydrogens is 284 g/mol. The molecule has 7 nitrogen and oxygen atoms in total. The lowest BCUT2D eigenvalue weighted by Crippen LogP contribution is -2.44. The third-order valence-corrected chi connectivity index (χ3v) is 3.88. The van der Waals surface area contributed by atoms with E-state index >= 15 is 0 Å². The predicted octanol–water partition coefficient (Wildman–Crippen LogP) is 1.33. The van der Waals surface area contributed by atoms with Gasteiger partial charge in [0, 0.05) is 25.2 Å². The zero-order valence-electron chi connectivity index (χ0n) is 13.0. The first kappa shape index (κ1) is 14.8. The third-order valence-electron chi connectivity index (χ3n) is 3.88. The number of piperazine rings is 1. The van der Waals surface area contributed by atoms with Gasteiger partial charge in [0.25, 0.3) is 5.89 Å². The molecule has 1 atom stereocenters. The molecule has 1 fully saturated rings. The van der Waals surface area contributed by atoms with Gasteiger partial charge in [0.1, 0.15) is 0 Å². The number of nitrogens with one attached hydrogen (secondary N) is 1. The molecule has 1 aliphatic heterocycles. The average molecular weight is 304 g/mol. The van der Waals surface area contributed by atoms with Crippen LogP contribution < -0.4 is 14.8 Å². The second kappa shape index (κ2) is 6.33. The molecule has 1 aromatic carbocycles. The summed E-state index contributed by atoms with van der Waals surface area (Å²) in [7, 11) is 5.27. The van der Waals surface area contributed by atoms with Crippen LogP contribution in [0.5, 0.6) is 11.5 Å². The molecule has 0 bridgehead atoms. The summed E-state index contributed by atoms with van der Waals surface area (Å²) in [5.41, 5.74) is 0.808. The number of rotatable bonds is 4. The number of ether oxygens (including phenoxy) is 2.